The largest absolute Gasteiger partial charge is 0.465 e. The van der Waals surface area contributed by atoms with Gasteiger partial charge in [0.05, 0.1) is 13.0 Å². The molecule has 0 atom stereocenters. The van der Waals surface area contributed by atoms with E-state index in [1.165, 1.54) is 38.8 Å². The molecule has 1 aliphatic rings. The van der Waals surface area contributed by atoms with Gasteiger partial charge in [0, 0.05) is 24.2 Å². The Bertz CT molecular complexity index is 912. The highest BCUT2D eigenvalue weighted by molar-refractivity contribution is 5.72. The van der Waals surface area contributed by atoms with Crippen molar-refractivity contribution in [1.82, 2.24) is 14.9 Å². The predicted molar refractivity (Wildman–Crippen MR) is 138 cm³/mol. The van der Waals surface area contributed by atoms with Crippen LogP contribution in [0.3, 0.4) is 0 Å². The number of nitrogen functional groups attached to an aromatic ring is 1. The molecule has 1 saturated heterocycles. The summed E-state index contributed by atoms with van der Waals surface area (Å²) >= 11 is 0. The number of ether oxygens (including phenoxy) is 1. The number of aryl methyl sites for hydroxylation is 1. The first-order valence-electron chi connectivity index (χ1n) is 12.9. The topological polar surface area (TPSA) is 93.4 Å². The molecule has 0 amide bonds. The van der Waals surface area contributed by atoms with Gasteiger partial charge in [-0.1, -0.05) is 44.0 Å². The summed E-state index contributed by atoms with van der Waals surface area (Å²) in [5.74, 6) is 0.930. The van der Waals surface area contributed by atoms with Crippen LogP contribution in [-0.4, -0.2) is 53.6 Å². The Morgan fingerprint density at radius 3 is 2.71 bits per heavy atom. The molecule has 7 nitrogen and oxygen atoms in total. The molecule has 7 heteroatoms. The maximum absolute atomic E-state index is 12.3. The lowest BCUT2D eigenvalue weighted by molar-refractivity contribution is -0.142. The molecule has 3 rings (SSSR count). The van der Waals surface area contributed by atoms with Gasteiger partial charge in [-0.25, -0.2) is 4.98 Å². The van der Waals surface area contributed by atoms with E-state index in [2.05, 4.69) is 39.2 Å². The van der Waals surface area contributed by atoms with Gasteiger partial charge in [-0.15, -0.1) is 0 Å². The van der Waals surface area contributed by atoms with E-state index < -0.39 is 0 Å². The van der Waals surface area contributed by atoms with Gasteiger partial charge >= 0.3 is 5.97 Å². The molecule has 186 valence electrons. The lowest BCUT2D eigenvalue weighted by atomic mass is 10.0. The minimum atomic E-state index is -0.163. The molecule has 1 aromatic heterocycles. The summed E-state index contributed by atoms with van der Waals surface area (Å²) in [7, 11) is 0. The van der Waals surface area contributed by atoms with E-state index in [1.807, 2.05) is 19.1 Å². The predicted octanol–water partition coefficient (Wildman–Crippen LogP) is 4.52. The molecule has 0 bridgehead atoms. The fourth-order valence-electron chi connectivity index (χ4n) is 4.46. The normalized spacial score (nSPS) is 13.8. The number of hydrogen-bond donors (Lipinski definition) is 2. The summed E-state index contributed by atoms with van der Waals surface area (Å²) in [4.78, 5) is 23.7. The van der Waals surface area contributed by atoms with Crippen LogP contribution in [0.4, 0.5) is 11.8 Å². The fourth-order valence-corrected chi connectivity index (χ4v) is 4.46. The highest BCUT2D eigenvalue weighted by atomic mass is 16.5. The second-order valence-corrected chi connectivity index (χ2v) is 9.28. The third kappa shape index (κ3) is 8.60. The number of anilines is 2. The van der Waals surface area contributed by atoms with Crippen molar-refractivity contribution in [3.05, 3.63) is 46.6 Å². The maximum Gasteiger partial charge on any atom is 0.310 e. The fraction of sp³-hybridized carbons (Fsp3) is 0.593. The first-order chi connectivity index (χ1) is 16.5. The molecule has 0 unspecified atom stereocenters. The molecular formula is C27H41N5O2. The van der Waals surface area contributed by atoms with Crippen molar-refractivity contribution in [2.24, 2.45) is 0 Å². The quantitative estimate of drug-likeness (QED) is 0.312. The Hall–Kier alpha value is -2.67. The van der Waals surface area contributed by atoms with E-state index in [4.69, 9.17) is 10.5 Å². The number of unbranched alkanes of at least 4 members (excludes halogenated alkanes) is 3. The van der Waals surface area contributed by atoms with Crippen LogP contribution in [0.5, 0.6) is 0 Å². The minimum absolute atomic E-state index is 0.163. The van der Waals surface area contributed by atoms with Gasteiger partial charge < -0.3 is 20.7 Å². The minimum Gasteiger partial charge on any atom is -0.465 e. The van der Waals surface area contributed by atoms with Crippen LogP contribution in [0.15, 0.2) is 24.3 Å². The van der Waals surface area contributed by atoms with Gasteiger partial charge in [-0.05, 0) is 69.8 Å². The number of nitrogens with zero attached hydrogens (tertiary/aromatic N) is 3. The third-order valence-corrected chi connectivity index (χ3v) is 6.36. The van der Waals surface area contributed by atoms with Crippen LogP contribution in [-0.2, 0) is 22.4 Å². The first-order valence-corrected chi connectivity index (χ1v) is 12.9. The molecule has 0 saturated carbocycles. The molecule has 2 aromatic rings. The van der Waals surface area contributed by atoms with E-state index >= 15 is 0 Å². The summed E-state index contributed by atoms with van der Waals surface area (Å²) in [6, 6.07) is 8.12. The monoisotopic (exact) mass is 467 g/mol. The molecule has 34 heavy (non-hydrogen) atoms. The standard InChI is InChI=1S/C27H41N5O2/c1-3-4-5-13-29-26-24(21(2)30-27(28)31-26)19-22-11-10-12-23(18-22)20-25(33)34-17-9-8-16-32-14-6-7-15-32/h10-12,18H,3-9,13-17,19-20H2,1-2H3,(H3,28,29,30,31). The summed E-state index contributed by atoms with van der Waals surface area (Å²) in [6.07, 6.45) is 9.06. The zero-order valence-electron chi connectivity index (χ0n) is 20.9. The SMILES string of the molecule is CCCCCNc1nc(N)nc(C)c1Cc1cccc(CC(=O)OCCCCN2CCCC2)c1. The molecular weight excluding hydrogens is 426 g/mol. The molecule has 3 N–H and O–H groups in total. The number of carbonyl (C=O) groups is 1. The second-order valence-electron chi connectivity index (χ2n) is 9.28. The molecule has 0 radical (unpaired) electrons. The molecule has 1 aliphatic heterocycles. The zero-order valence-corrected chi connectivity index (χ0v) is 20.9. The molecule has 1 aromatic carbocycles. The summed E-state index contributed by atoms with van der Waals surface area (Å²) < 4.78 is 5.48. The van der Waals surface area contributed by atoms with E-state index in [9.17, 15) is 4.79 Å². The van der Waals surface area contributed by atoms with Crippen molar-refractivity contribution in [2.75, 3.05) is 43.8 Å². The van der Waals surface area contributed by atoms with Crippen LogP contribution in [0, 0.1) is 6.92 Å². The van der Waals surface area contributed by atoms with E-state index in [0.717, 1.165) is 60.6 Å². The van der Waals surface area contributed by atoms with Crippen molar-refractivity contribution < 1.29 is 9.53 Å². The summed E-state index contributed by atoms with van der Waals surface area (Å²) in [6.45, 7) is 9.07. The van der Waals surface area contributed by atoms with Gasteiger partial charge in [0.2, 0.25) is 5.95 Å². The van der Waals surface area contributed by atoms with Gasteiger partial charge in [-0.2, -0.15) is 4.98 Å². The highest BCUT2D eigenvalue weighted by Gasteiger charge is 2.13. The number of aromatic nitrogens is 2. The van der Waals surface area contributed by atoms with E-state index in [1.54, 1.807) is 0 Å². The Morgan fingerprint density at radius 1 is 1.12 bits per heavy atom. The number of rotatable bonds is 14. The molecule has 0 aliphatic carbocycles. The summed E-state index contributed by atoms with van der Waals surface area (Å²) in [5.41, 5.74) is 9.91. The van der Waals surface area contributed by atoms with Crippen LogP contribution in [0.1, 0.15) is 74.3 Å². The smallest absolute Gasteiger partial charge is 0.310 e. The third-order valence-electron chi connectivity index (χ3n) is 6.36. The van der Waals surface area contributed by atoms with E-state index in [-0.39, 0.29) is 11.9 Å². The van der Waals surface area contributed by atoms with Crippen molar-refractivity contribution in [3.8, 4) is 0 Å². The number of nitrogens with two attached hydrogens (primary N) is 1. The van der Waals surface area contributed by atoms with Gasteiger partial charge in [-0.3, -0.25) is 4.79 Å². The average molecular weight is 468 g/mol. The maximum atomic E-state index is 12.3. The Labute approximate surface area is 204 Å². The van der Waals surface area contributed by atoms with Crippen LogP contribution >= 0.6 is 0 Å². The van der Waals surface area contributed by atoms with Crippen molar-refractivity contribution in [2.45, 2.75) is 71.6 Å². The van der Waals surface area contributed by atoms with Crippen LogP contribution in [0.2, 0.25) is 0 Å². The van der Waals surface area contributed by atoms with Crippen LogP contribution < -0.4 is 11.1 Å². The van der Waals surface area contributed by atoms with Crippen LogP contribution in [0.25, 0.3) is 0 Å². The Kier molecular flexibility index (Phi) is 10.6. The molecule has 2 heterocycles. The molecule has 0 spiro atoms. The average Bonchev–Trinajstić information content (AvgIpc) is 3.32. The number of hydrogen-bond acceptors (Lipinski definition) is 7. The van der Waals surface area contributed by atoms with Gasteiger partial charge in [0.15, 0.2) is 0 Å². The van der Waals surface area contributed by atoms with Crippen molar-refractivity contribution in [1.29, 1.82) is 0 Å². The Balaban J connectivity index is 1.51. The number of carbonyl (C=O) groups excluding carboxylic acids is 1. The first kappa shape index (κ1) is 25.9. The molecule has 1 fully saturated rings. The van der Waals surface area contributed by atoms with Gasteiger partial charge in [0.1, 0.15) is 5.82 Å². The number of likely N-dealkylation sites (tertiary alicyclic amines) is 1. The Morgan fingerprint density at radius 2 is 1.91 bits per heavy atom. The number of nitrogens with one attached hydrogen (secondary N) is 1. The van der Waals surface area contributed by atoms with E-state index in [0.29, 0.717) is 19.4 Å². The summed E-state index contributed by atoms with van der Waals surface area (Å²) in [5, 5.41) is 3.44. The van der Waals surface area contributed by atoms with Gasteiger partial charge in [0.25, 0.3) is 0 Å². The number of esters is 1. The lowest BCUT2D eigenvalue weighted by Crippen LogP contribution is -2.20. The highest BCUT2D eigenvalue weighted by Crippen LogP contribution is 2.22. The van der Waals surface area contributed by atoms with Crippen molar-refractivity contribution >= 4 is 17.7 Å². The lowest BCUT2D eigenvalue weighted by Gasteiger charge is -2.15. The number of benzene rings is 1. The zero-order chi connectivity index (χ0) is 24.2. The second kappa shape index (κ2) is 13.9. The van der Waals surface area contributed by atoms with Crippen molar-refractivity contribution in [3.63, 3.8) is 0 Å².